The van der Waals surface area contributed by atoms with Gasteiger partial charge in [-0.3, -0.25) is 0 Å². The first-order chi connectivity index (χ1) is 7.65. The van der Waals surface area contributed by atoms with Crippen molar-refractivity contribution in [2.24, 2.45) is 0 Å². The van der Waals surface area contributed by atoms with Crippen LogP contribution in [0.1, 0.15) is 0 Å². The maximum absolute atomic E-state index is 12.9. The van der Waals surface area contributed by atoms with Crippen LogP contribution in [-0.4, -0.2) is 4.98 Å². The average Bonchev–Trinajstić information content (AvgIpc) is 2.24. The molecule has 1 aromatic heterocycles. The van der Waals surface area contributed by atoms with Crippen LogP contribution in [0.3, 0.4) is 0 Å². The number of pyridine rings is 1. The van der Waals surface area contributed by atoms with Gasteiger partial charge in [-0.15, -0.1) is 0 Å². The highest BCUT2D eigenvalue weighted by Gasteiger charge is 2.02. The molecule has 0 fully saturated rings. The van der Waals surface area contributed by atoms with Crippen molar-refractivity contribution in [3.05, 3.63) is 51.8 Å². The Morgan fingerprint density at radius 2 is 2.06 bits per heavy atom. The van der Waals surface area contributed by atoms with Crippen LogP contribution in [0.15, 0.2) is 40.9 Å². The molecule has 0 aliphatic rings. The number of nitrogens with one attached hydrogen (secondary N) is 1. The second-order valence-electron chi connectivity index (χ2n) is 3.09. The molecular weight excluding hydrogens is 294 g/mol. The van der Waals surface area contributed by atoms with Gasteiger partial charge in [0.2, 0.25) is 5.95 Å². The molecule has 16 heavy (non-hydrogen) atoms. The van der Waals surface area contributed by atoms with Gasteiger partial charge in [0.1, 0.15) is 5.82 Å². The number of halogens is 3. The Morgan fingerprint density at radius 3 is 2.81 bits per heavy atom. The molecule has 0 aliphatic heterocycles. The smallest absolute Gasteiger partial charge is 0.214 e. The lowest BCUT2D eigenvalue weighted by molar-refractivity contribution is 0.585. The second kappa shape index (κ2) is 4.80. The van der Waals surface area contributed by atoms with Crippen molar-refractivity contribution in [3.63, 3.8) is 0 Å². The molecular formula is C11H7BrClFN2. The van der Waals surface area contributed by atoms with Gasteiger partial charge in [-0.2, -0.15) is 4.39 Å². The van der Waals surface area contributed by atoms with Crippen LogP contribution in [0, 0.1) is 5.95 Å². The summed E-state index contributed by atoms with van der Waals surface area (Å²) in [6, 6.07) is 9.86. The van der Waals surface area contributed by atoms with Gasteiger partial charge in [-0.05, 0) is 46.3 Å². The largest absolute Gasteiger partial charge is 0.339 e. The minimum atomic E-state index is -0.525. The van der Waals surface area contributed by atoms with Gasteiger partial charge in [0, 0.05) is 9.50 Å². The zero-order valence-electron chi connectivity index (χ0n) is 8.05. The Bertz CT molecular complexity index is 519. The minimum Gasteiger partial charge on any atom is -0.339 e. The lowest BCUT2D eigenvalue weighted by Gasteiger charge is -2.07. The highest BCUT2D eigenvalue weighted by molar-refractivity contribution is 9.10. The van der Waals surface area contributed by atoms with E-state index in [1.165, 1.54) is 6.07 Å². The molecule has 0 aliphatic carbocycles. The Labute approximate surface area is 106 Å². The average molecular weight is 302 g/mol. The summed E-state index contributed by atoms with van der Waals surface area (Å²) in [5, 5.41) is 3.57. The number of rotatable bonds is 2. The van der Waals surface area contributed by atoms with Gasteiger partial charge in [-0.1, -0.05) is 17.7 Å². The van der Waals surface area contributed by atoms with Crippen LogP contribution in [0.4, 0.5) is 15.9 Å². The summed E-state index contributed by atoms with van der Waals surface area (Å²) >= 11 is 9.22. The molecule has 1 heterocycles. The first kappa shape index (κ1) is 11.4. The molecule has 2 aromatic rings. The fourth-order valence-electron chi connectivity index (χ4n) is 1.21. The van der Waals surface area contributed by atoms with Crippen LogP contribution in [0.2, 0.25) is 5.02 Å². The first-order valence-corrected chi connectivity index (χ1v) is 5.67. The van der Waals surface area contributed by atoms with E-state index in [9.17, 15) is 4.39 Å². The molecule has 0 spiro atoms. The van der Waals surface area contributed by atoms with Gasteiger partial charge >= 0.3 is 0 Å². The van der Waals surface area contributed by atoms with Crippen molar-refractivity contribution >= 4 is 39.0 Å². The quantitative estimate of drug-likeness (QED) is 0.833. The Morgan fingerprint density at radius 1 is 1.25 bits per heavy atom. The van der Waals surface area contributed by atoms with Crippen molar-refractivity contribution in [2.45, 2.75) is 0 Å². The van der Waals surface area contributed by atoms with Gasteiger partial charge in [-0.25, -0.2) is 4.98 Å². The highest BCUT2D eigenvalue weighted by atomic mass is 79.9. The van der Waals surface area contributed by atoms with E-state index in [0.717, 1.165) is 10.2 Å². The van der Waals surface area contributed by atoms with Gasteiger partial charge in [0.15, 0.2) is 0 Å². The van der Waals surface area contributed by atoms with Gasteiger partial charge in [0.25, 0.3) is 0 Å². The summed E-state index contributed by atoms with van der Waals surface area (Å²) in [6.07, 6.45) is 0. The first-order valence-electron chi connectivity index (χ1n) is 4.50. The van der Waals surface area contributed by atoms with Crippen LogP contribution < -0.4 is 5.32 Å². The van der Waals surface area contributed by atoms with Crippen molar-refractivity contribution in [2.75, 3.05) is 5.32 Å². The lowest BCUT2D eigenvalue weighted by Crippen LogP contribution is -1.95. The second-order valence-corrected chi connectivity index (χ2v) is 4.39. The summed E-state index contributed by atoms with van der Waals surface area (Å²) in [7, 11) is 0. The number of hydrogen-bond donors (Lipinski definition) is 1. The standard InChI is InChI=1S/C11H7BrClFN2/c12-8-5-4-7(13)6-9(8)15-11-3-1-2-10(14)16-11/h1-6H,(H,15,16). The SMILES string of the molecule is Fc1cccc(Nc2cc(Cl)ccc2Br)n1. The number of nitrogens with zero attached hydrogens (tertiary/aromatic N) is 1. The molecule has 0 saturated heterocycles. The Balaban J connectivity index is 2.30. The summed E-state index contributed by atoms with van der Waals surface area (Å²) in [5.74, 6) is -0.0916. The number of benzene rings is 1. The third kappa shape index (κ3) is 2.71. The fourth-order valence-corrected chi connectivity index (χ4v) is 1.73. The van der Waals surface area contributed by atoms with Crippen molar-refractivity contribution in [1.29, 1.82) is 0 Å². The van der Waals surface area contributed by atoms with E-state index in [0.29, 0.717) is 10.8 Å². The Hall–Kier alpha value is -1.13. The van der Waals surface area contributed by atoms with E-state index in [1.54, 1.807) is 24.3 Å². The maximum Gasteiger partial charge on any atom is 0.214 e. The summed E-state index contributed by atoms with van der Waals surface area (Å²) in [5.41, 5.74) is 0.741. The zero-order valence-corrected chi connectivity index (χ0v) is 10.4. The molecule has 1 N–H and O–H groups in total. The number of anilines is 2. The minimum absolute atomic E-state index is 0.433. The summed E-state index contributed by atoms with van der Waals surface area (Å²) in [4.78, 5) is 3.70. The fraction of sp³-hybridized carbons (Fsp3) is 0. The molecule has 0 amide bonds. The van der Waals surface area contributed by atoms with Gasteiger partial charge < -0.3 is 5.32 Å². The molecule has 0 bridgehead atoms. The number of hydrogen-bond acceptors (Lipinski definition) is 2. The van der Waals surface area contributed by atoms with Crippen molar-refractivity contribution < 1.29 is 4.39 Å². The summed E-state index contributed by atoms with van der Waals surface area (Å²) in [6.45, 7) is 0. The van der Waals surface area contributed by atoms with E-state index in [2.05, 4.69) is 26.2 Å². The number of aromatic nitrogens is 1. The monoisotopic (exact) mass is 300 g/mol. The highest BCUT2D eigenvalue weighted by Crippen LogP contribution is 2.28. The third-order valence-corrected chi connectivity index (χ3v) is 2.83. The lowest BCUT2D eigenvalue weighted by atomic mass is 10.3. The van der Waals surface area contributed by atoms with E-state index in [4.69, 9.17) is 11.6 Å². The molecule has 2 nitrogen and oxygen atoms in total. The maximum atomic E-state index is 12.9. The van der Waals surface area contributed by atoms with Crippen LogP contribution >= 0.6 is 27.5 Å². The van der Waals surface area contributed by atoms with Crippen LogP contribution in [-0.2, 0) is 0 Å². The van der Waals surface area contributed by atoms with E-state index in [-0.39, 0.29) is 0 Å². The van der Waals surface area contributed by atoms with E-state index >= 15 is 0 Å². The predicted molar refractivity (Wildman–Crippen MR) is 66.6 cm³/mol. The topological polar surface area (TPSA) is 24.9 Å². The van der Waals surface area contributed by atoms with E-state index in [1.807, 2.05) is 6.07 Å². The summed E-state index contributed by atoms with van der Waals surface area (Å²) < 4.78 is 13.7. The zero-order chi connectivity index (χ0) is 11.5. The van der Waals surface area contributed by atoms with Gasteiger partial charge in [0.05, 0.1) is 5.69 Å². The van der Waals surface area contributed by atoms with Crippen LogP contribution in [0.5, 0.6) is 0 Å². The molecule has 1 aromatic carbocycles. The normalized spacial score (nSPS) is 10.2. The van der Waals surface area contributed by atoms with Crippen molar-refractivity contribution in [3.8, 4) is 0 Å². The molecule has 0 saturated carbocycles. The van der Waals surface area contributed by atoms with Crippen LogP contribution in [0.25, 0.3) is 0 Å². The van der Waals surface area contributed by atoms with Crippen molar-refractivity contribution in [1.82, 2.24) is 4.98 Å². The molecule has 0 atom stereocenters. The third-order valence-electron chi connectivity index (χ3n) is 1.91. The molecule has 82 valence electrons. The predicted octanol–water partition coefficient (Wildman–Crippen LogP) is 4.38. The molecule has 5 heteroatoms. The van der Waals surface area contributed by atoms with E-state index < -0.39 is 5.95 Å². The molecule has 0 radical (unpaired) electrons. The molecule has 0 unspecified atom stereocenters. The Kier molecular flexibility index (Phi) is 3.41. The molecule has 2 rings (SSSR count).